The van der Waals surface area contributed by atoms with Crippen LogP contribution in [0.5, 0.6) is 0 Å². The van der Waals surface area contributed by atoms with Gasteiger partial charge in [0.25, 0.3) is 0 Å². The number of halogens is 2. The summed E-state index contributed by atoms with van der Waals surface area (Å²) in [4.78, 5) is 1.21. The number of benzene rings is 1. The molecule has 3 rings (SSSR count). The van der Waals surface area contributed by atoms with Gasteiger partial charge in [-0.15, -0.1) is 23.1 Å². The zero-order valence-corrected chi connectivity index (χ0v) is 13.4. The fraction of sp³-hybridized carbons (Fsp3) is 0.286. The smallest absolute Gasteiger partial charge is 0.123 e. The second kappa shape index (κ2) is 5.95. The van der Waals surface area contributed by atoms with Gasteiger partial charge in [0, 0.05) is 17.5 Å². The molecule has 100 valence electrons. The molecule has 19 heavy (non-hydrogen) atoms. The topological polar surface area (TPSA) is 12.0 Å². The highest BCUT2D eigenvalue weighted by molar-refractivity contribution is 9.11. The minimum Gasteiger partial charge on any atom is -0.306 e. The summed E-state index contributed by atoms with van der Waals surface area (Å²) in [6.45, 7) is 0.827. The fourth-order valence-electron chi connectivity index (χ4n) is 2.26. The average molecular weight is 358 g/mol. The number of thiophene rings is 1. The molecule has 5 heteroatoms. The third kappa shape index (κ3) is 3.21. The SMILES string of the molecule is Fc1ccc2c(c1)C(NCc1csc(Br)c1)CCS2. The Hall–Kier alpha value is -0.360. The maximum absolute atomic E-state index is 13.4. The Kier molecular flexibility index (Phi) is 4.27. The van der Waals surface area contributed by atoms with Crippen molar-refractivity contribution in [2.75, 3.05) is 5.75 Å². The van der Waals surface area contributed by atoms with Crippen molar-refractivity contribution in [2.24, 2.45) is 0 Å². The molecule has 2 aromatic rings. The van der Waals surface area contributed by atoms with Gasteiger partial charge in [-0.05, 0) is 68.9 Å². The van der Waals surface area contributed by atoms with Gasteiger partial charge in [0.2, 0.25) is 0 Å². The van der Waals surface area contributed by atoms with Crippen molar-refractivity contribution in [1.82, 2.24) is 5.32 Å². The highest BCUT2D eigenvalue weighted by Gasteiger charge is 2.20. The molecule has 1 aromatic heterocycles. The van der Waals surface area contributed by atoms with Gasteiger partial charge in [0.15, 0.2) is 0 Å². The summed E-state index contributed by atoms with van der Waals surface area (Å²) < 4.78 is 14.5. The van der Waals surface area contributed by atoms with Gasteiger partial charge in [-0.2, -0.15) is 0 Å². The van der Waals surface area contributed by atoms with Gasteiger partial charge >= 0.3 is 0 Å². The Balaban J connectivity index is 1.74. The molecule has 0 fully saturated rings. The largest absolute Gasteiger partial charge is 0.306 e. The molecule has 0 saturated carbocycles. The van der Waals surface area contributed by atoms with Crippen LogP contribution in [0.2, 0.25) is 0 Å². The number of hydrogen-bond donors (Lipinski definition) is 1. The molecule has 1 aliphatic heterocycles. The van der Waals surface area contributed by atoms with Crippen molar-refractivity contribution in [3.8, 4) is 0 Å². The lowest BCUT2D eigenvalue weighted by atomic mass is 10.0. The number of nitrogens with one attached hydrogen (secondary N) is 1. The second-order valence-electron chi connectivity index (χ2n) is 4.51. The molecule has 2 heterocycles. The molecule has 1 N–H and O–H groups in total. The van der Waals surface area contributed by atoms with Crippen molar-refractivity contribution in [3.05, 3.63) is 50.4 Å². The number of thioether (sulfide) groups is 1. The van der Waals surface area contributed by atoms with Crippen LogP contribution in [0.4, 0.5) is 4.39 Å². The summed E-state index contributed by atoms with van der Waals surface area (Å²) in [5, 5.41) is 5.68. The highest BCUT2D eigenvalue weighted by Crippen LogP contribution is 2.36. The van der Waals surface area contributed by atoms with Crippen LogP contribution in [0.15, 0.2) is 38.3 Å². The quantitative estimate of drug-likeness (QED) is 0.831. The molecule has 1 atom stereocenters. The summed E-state index contributed by atoms with van der Waals surface area (Å²) in [5.74, 6) is 0.940. The van der Waals surface area contributed by atoms with E-state index in [2.05, 4.69) is 32.7 Å². The maximum Gasteiger partial charge on any atom is 0.123 e. The van der Waals surface area contributed by atoms with Crippen LogP contribution in [0.25, 0.3) is 0 Å². The average Bonchev–Trinajstić information content (AvgIpc) is 2.82. The summed E-state index contributed by atoms with van der Waals surface area (Å²) in [6.07, 6.45) is 1.05. The molecule has 0 bridgehead atoms. The number of hydrogen-bond acceptors (Lipinski definition) is 3. The Morgan fingerprint density at radius 3 is 3.05 bits per heavy atom. The summed E-state index contributed by atoms with van der Waals surface area (Å²) in [7, 11) is 0. The number of rotatable bonds is 3. The van der Waals surface area contributed by atoms with Crippen molar-refractivity contribution in [2.45, 2.75) is 23.9 Å². The first-order chi connectivity index (χ1) is 9.22. The normalized spacial score (nSPS) is 18.3. The molecule has 0 radical (unpaired) electrons. The van der Waals surface area contributed by atoms with E-state index in [4.69, 9.17) is 0 Å². The molecular formula is C14H13BrFNS2. The van der Waals surface area contributed by atoms with Crippen LogP contribution < -0.4 is 5.32 Å². The summed E-state index contributed by atoms with van der Waals surface area (Å²) >= 11 is 6.98. The minimum atomic E-state index is -0.147. The van der Waals surface area contributed by atoms with Gasteiger partial charge in [-0.25, -0.2) is 4.39 Å². The third-order valence-electron chi connectivity index (χ3n) is 3.19. The standard InChI is InChI=1S/C14H13BrFNS2/c15-14-5-9(8-19-14)7-17-12-3-4-18-13-2-1-10(16)6-11(12)13/h1-2,5-6,8,12,17H,3-4,7H2. The van der Waals surface area contributed by atoms with Crippen LogP contribution in [0, 0.1) is 5.82 Å². The molecule has 1 unspecified atom stereocenters. The van der Waals surface area contributed by atoms with Gasteiger partial charge < -0.3 is 5.32 Å². The monoisotopic (exact) mass is 357 g/mol. The zero-order chi connectivity index (χ0) is 13.2. The van der Waals surface area contributed by atoms with Crippen molar-refractivity contribution in [3.63, 3.8) is 0 Å². The van der Waals surface area contributed by atoms with Crippen molar-refractivity contribution in [1.29, 1.82) is 0 Å². The first kappa shape index (κ1) is 13.6. The summed E-state index contributed by atoms with van der Waals surface area (Å²) in [5.41, 5.74) is 2.37. The van der Waals surface area contributed by atoms with Crippen LogP contribution in [0.3, 0.4) is 0 Å². The second-order valence-corrected chi connectivity index (χ2v) is 7.94. The van der Waals surface area contributed by atoms with E-state index >= 15 is 0 Å². The maximum atomic E-state index is 13.4. The molecule has 0 amide bonds. The predicted molar refractivity (Wildman–Crippen MR) is 83.3 cm³/mol. The Labute approximate surface area is 128 Å². The zero-order valence-electron chi connectivity index (χ0n) is 10.2. The molecule has 1 aromatic carbocycles. The molecule has 1 nitrogen and oxygen atoms in total. The Bertz CT molecular complexity index is 585. The first-order valence-corrected chi connectivity index (χ1v) is 8.77. The van der Waals surface area contributed by atoms with Crippen LogP contribution in [0.1, 0.15) is 23.6 Å². The Morgan fingerprint density at radius 2 is 2.26 bits per heavy atom. The van der Waals surface area contributed by atoms with E-state index in [9.17, 15) is 4.39 Å². The molecule has 0 spiro atoms. The molecule has 0 aliphatic carbocycles. The van der Waals surface area contributed by atoms with Gasteiger partial charge in [0.1, 0.15) is 5.82 Å². The van der Waals surface area contributed by atoms with Crippen molar-refractivity contribution >= 4 is 39.0 Å². The fourth-order valence-corrected chi connectivity index (χ4v) is 4.57. The van der Waals surface area contributed by atoms with E-state index in [0.29, 0.717) is 0 Å². The predicted octanol–water partition coefficient (Wildman–Crippen LogP) is 4.98. The highest BCUT2D eigenvalue weighted by atomic mass is 79.9. The molecule has 1 aliphatic rings. The third-order valence-corrected chi connectivity index (χ3v) is 5.86. The lowest BCUT2D eigenvalue weighted by Gasteiger charge is -2.26. The van der Waals surface area contributed by atoms with Gasteiger partial charge in [-0.3, -0.25) is 0 Å². The van der Waals surface area contributed by atoms with E-state index in [-0.39, 0.29) is 11.9 Å². The van der Waals surface area contributed by atoms with Crippen LogP contribution >= 0.6 is 39.0 Å². The van der Waals surface area contributed by atoms with E-state index in [1.807, 2.05) is 17.8 Å². The lowest BCUT2D eigenvalue weighted by Crippen LogP contribution is -2.24. The molecule has 0 saturated heterocycles. The Morgan fingerprint density at radius 1 is 1.37 bits per heavy atom. The van der Waals surface area contributed by atoms with Gasteiger partial charge in [0.05, 0.1) is 3.79 Å². The summed E-state index contributed by atoms with van der Waals surface area (Å²) in [6, 6.07) is 7.49. The van der Waals surface area contributed by atoms with E-state index < -0.39 is 0 Å². The first-order valence-electron chi connectivity index (χ1n) is 6.11. The van der Waals surface area contributed by atoms with E-state index in [0.717, 1.165) is 28.1 Å². The van der Waals surface area contributed by atoms with Gasteiger partial charge in [-0.1, -0.05) is 0 Å². The number of fused-ring (bicyclic) bond motifs is 1. The minimum absolute atomic E-state index is 0.147. The lowest BCUT2D eigenvalue weighted by molar-refractivity contribution is 0.505. The van der Waals surface area contributed by atoms with Crippen molar-refractivity contribution < 1.29 is 4.39 Å². The molecular weight excluding hydrogens is 345 g/mol. The van der Waals surface area contributed by atoms with Crippen LogP contribution in [-0.4, -0.2) is 5.75 Å². The van der Waals surface area contributed by atoms with Crippen LogP contribution in [-0.2, 0) is 6.54 Å². The van der Waals surface area contributed by atoms with E-state index in [1.165, 1.54) is 10.5 Å². The van der Waals surface area contributed by atoms with E-state index in [1.54, 1.807) is 23.5 Å².